The first-order valence-electron chi connectivity index (χ1n) is 6.44. The molecule has 21 heavy (non-hydrogen) atoms. The van der Waals surface area contributed by atoms with Gasteiger partial charge in [0.05, 0.1) is 18.4 Å². The standard InChI is InChI=1S/C16H17BrN2O2/c1-9-7-11(17)8-10(2)14(9)19-16(20)12-5-4-6-13(18)15(12)21-3/h4-8H,18H2,1-3H3,(H,19,20). The maximum Gasteiger partial charge on any atom is 0.259 e. The molecule has 2 aromatic carbocycles. The molecule has 2 aromatic rings. The Morgan fingerprint density at radius 3 is 2.43 bits per heavy atom. The first-order chi connectivity index (χ1) is 9.93. The van der Waals surface area contributed by atoms with E-state index in [9.17, 15) is 4.79 Å². The van der Waals surface area contributed by atoms with Crippen LogP contribution in [0.5, 0.6) is 5.75 Å². The lowest BCUT2D eigenvalue weighted by atomic mass is 10.1. The number of para-hydroxylation sites is 1. The van der Waals surface area contributed by atoms with Gasteiger partial charge in [-0.3, -0.25) is 4.79 Å². The van der Waals surface area contributed by atoms with Crippen LogP contribution in [0.3, 0.4) is 0 Å². The van der Waals surface area contributed by atoms with E-state index in [1.165, 1.54) is 7.11 Å². The largest absolute Gasteiger partial charge is 0.494 e. The Morgan fingerprint density at radius 2 is 1.86 bits per heavy atom. The fourth-order valence-electron chi connectivity index (χ4n) is 2.25. The summed E-state index contributed by atoms with van der Waals surface area (Å²) in [6, 6.07) is 9.03. The third-order valence-electron chi connectivity index (χ3n) is 3.23. The number of nitrogens with one attached hydrogen (secondary N) is 1. The molecule has 4 nitrogen and oxygen atoms in total. The van der Waals surface area contributed by atoms with Crippen molar-refractivity contribution in [3.05, 3.63) is 51.5 Å². The average molecular weight is 349 g/mol. The van der Waals surface area contributed by atoms with Gasteiger partial charge in [0, 0.05) is 10.2 Å². The Balaban J connectivity index is 2.38. The molecule has 0 aliphatic heterocycles. The lowest BCUT2D eigenvalue weighted by Crippen LogP contribution is -2.15. The normalized spacial score (nSPS) is 10.3. The van der Waals surface area contributed by atoms with E-state index in [1.54, 1.807) is 18.2 Å². The zero-order valence-electron chi connectivity index (χ0n) is 12.2. The monoisotopic (exact) mass is 348 g/mol. The van der Waals surface area contributed by atoms with Gasteiger partial charge in [-0.2, -0.15) is 0 Å². The number of nitrogen functional groups attached to an aromatic ring is 1. The van der Waals surface area contributed by atoms with E-state index >= 15 is 0 Å². The van der Waals surface area contributed by atoms with Crippen LogP contribution < -0.4 is 15.8 Å². The van der Waals surface area contributed by atoms with Crippen LogP contribution in [0.1, 0.15) is 21.5 Å². The van der Waals surface area contributed by atoms with E-state index < -0.39 is 0 Å². The molecule has 1 amide bonds. The topological polar surface area (TPSA) is 64.3 Å². The van der Waals surface area contributed by atoms with Crippen molar-refractivity contribution in [3.63, 3.8) is 0 Å². The predicted octanol–water partition coefficient (Wildman–Crippen LogP) is 3.91. The Bertz CT molecular complexity index is 676. The molecule has 0 aromatic heterocycles. The van der Waals surface area contributed by atoms with Crippen LogP contribution in [-0.2, 0) is 0 Å². The smallest absolute Gasteiger partial charge is 0.259 e. The Morgan fingerprint density at radius 1 is 1.24 bits per heavy atom. The molecule has 110 valence electrons. The van der Waals surface area contributed by atoms with Crippen molar-refractivity contribution in [2.24, 2.45) is 0 Å². The van der Waals surface area contributed by atoms with Crippen molar-refractivity contribution in [1.29, 1.82) is 0 Å². The molecule has 0 atom stereocenters. The van der Waals surface area contributed by atoms with Gasteiger partial charge in [-0.1, -0.05) is 22.0 Å². The fraction of sp³-hybridized carbons (Fsp3) is 0.188. The SMILES string of the molecule is COc1c(N)cccc1C(=O)Nc1c(C)cc(Br)cc1C. The van der Waals surface area contributed by atoms with E-state index in [1.807, 2.05) is 26.0 Å². The third kappa shape index (κ3) is 3.19. The van der Waals surface area contributed by atoms with Crippen LogP contribution in [0, 0.1) is 13.8 Å². The van der Waals surface area contributed by atoms with E-state index in [2.05, 4.69) is 21.2 Å². The second kappa shape index (κ2) is 6.18. The summed E-state index contributed by atoms with van der Waals surface area (Å²) in [6.45, 7) is 3.90. The van der Waals surface area contributed by atoms with Crippen molar-refractivity contribution in [2.75, 3.05) is 18.2 Å². The molecule has 0 bridgehead atoms. The summed E-state index contributed by atoms with van der Waals surface area (Å²) < 4.78 is 6.20. The number of ether oxygens (including phenoxy) is 1. The summed E-state index contributed by atoms with van der Waals surface area (Å²) in [6.07, 6.45) is 0. The van der Waals surface area contributed by atoms with Crippen molar-refractivity contribution >= 4 is 33.2 Å². The van der Waals surface area contributed by atoms with Crippen LogP contribution in [-0.4, -0.2) is 13.0 Å². The van der Waals surface area contributed by atoms with Gasteiger partial charge in [0.25, 0.3) is 5.91 Å². The van der Waals surface area contributed by atoms with Gasteiger partial charge in [-0.25, -0.2) is 0 Å². The molecule has 0 saturated heterocycles. The van der Waals surface area contributed by atoms with Crippen LogP contribution in [0.4, 0.5) is 11.4 Å². The molecular weight excluding hydrogens is 332 g/mol. The van der Waals surface area contributed by atoms with Crippen molar-refractivity contribution in [3.8, 4) is 5.75 Å². The number of methoxy groups -OCH3 is 1. The van der Waals surface area contributed by atoms with Crippen molar-refractivity contribution in [1.82, 2.24) is 0 Å². The molecule has 0 spiro atoms. The molecule has 5 heteroatoms. The van der Waals surface area contributed by atoms with Gasteiger partial charge >= 0.3 is 0 Å². The minimum Gasteiger partial charge on any atom is -0.494 e. The summed E-state index contributed by atoms with van der Waals surface area (Å²) in [5.74, 6) is 0.148. The zero-order valence-corrected chi connectivity index (χ0v) is 13.7. The molecular formula is C16H17BrN2O2. The maximum absolute atomic E-state index is 12.5. The first kappa shape index (κ1) is 15.4. The van der Waals surface area contributed by atoms with E-state index in [4.69, 9.17) is 10.5 Å². The zero-order chi connectivity index (χ0) is 15.6. The molecule has 0 unspecified atom stereocenters. The third-order valence-corrected chi connectivity index (χ3v) is 3.69. The number of benzene rings is 2. The quantitative estimate of drug-likeness (QED) is 0.826. The van der Waals surface area contributed by atoms with E-state index in [0.717, 1.165) is 21.3 Å². The number of carbonyl (C=O) groups excluding carboxylic acids is 1. The molecule has 0 aliphatic rings. The number of hydrogen-bond donors (Lipinski definition) is 2. The fourth-order valence-corrected chi connectivity index (χ4v) is 2.94. The highest BCUT2D eigenvalue weighted by Gasteiger charge is 2.16. The number of amides is 1. The number of aryl methyl sites for hydroxylation is 2. The van der Waals surface area contributed by atoms with Gasteiger partial charge in [0.2, 0.25) is 0 Å². The van der Waals surface area contributed by atoms with E-state index in [0.29, 0.717) is 17.0 Å². The summed E-state index contributed by atoms with van der Waals surface area (Å²) >= 11 is 3.44. The number of halogens is 1. The summed E-state index contributed by atoms with van der Waals surface area (Å²) in [4.78, 5) is 12.5. The van der Waals surface area contributed by atoms with Gasteiger partial charge in [0.15, 0.2) is 5.75 Å². The minimum atomic E-state index is -0.243. The van der Waals surface area contributed by atoms with Crippen molar-refractivity contribution in [2.45, 2.75) is 13.8 Å². The lowest BCUT2D eigenvalue weighted by molar-refractivity contribution is 0.102. The van der Waals surface area contributed by atoms with Crippen molar-refractivity contribution < 1.29 is 9.53 Å². The molecule has 2 rings (SSSR count). The summed E-state index contributed by atoms with van der Waals surface area (Å²) in [5.41, 5.74) is 9.45. The highest BCUT2D eigenvalue weighted by atomic mass is 79.9. The van der Waals surface area contributed by atoms with E-state index in [-0.39, 0.29) is 5.91 Å². The lowest BCUT2D eigenvalue weighted by Gasteiger charge is -2.14. The summed E-state index contributed by atoms with van der Waals surface area (Å²) in [7, 11) is 1.50. The summed E-state index contributed by atoms with van der Waals surface area (Å²) in [5, 5.41) is 2.93. The maximum atomic E-state index is 12.5. The molecule has 0 radical (unpaired) electrons. The van der Waals surface area contributed by atoms with Gasteiger partial charge in [-0.05, 0) is 49.2 Å². The molecule has 0 heterocycles. The number of anilines is 2. The molecule has 0 fully saturated rings. The minimum absolute atomic E-state index is 0.243. The van der Waals surface area contributed by atoms with Gasteiger partial charge < -0.3 is 15.8 Å². The van der Waals surface area contributed by atoms with Crippen LogP contribution in [0.25, 0.3) is 0 Å². The molecule has 0 saturated carbocycles. The highest BCUT2D eigenvalue weighted by Crippen LogP contribution is 2.29. The Kier molecular flexibility index (Phi) is 4.53. The predicted molar refractivity (Wildman–Crippen MR) is 89.0 cm³/mol. The van der Waals surface area contributed by atoms with Crippen LogP contribution >= 0.6 is 15.9 Å². The number of hydrogen-bond acceptors (Lipinski definition) is 3. The second-order valence-corrected chi connectivity index (χ2v) is 5.71. The number of carbonyl (C=O) groups is 1. The Labute approximate surface area is 132 Å². The van der Waals surface area contributed by atoms with Crippen LogP contribution in [0.15, 0.2) is 34.8 Å². The Hall–Kier alpha value is -2.01. The highest BCUT2D eigenvalue weighted by molar-refractivity contribution is 9.10. The van der Waals surface area contributed by atoms with Gasteiger partial charge in [-0.15, -0.1) is 0 Å². The second-order valence-electron chi connectivity index (χ2n) is 4.80. The number of rotatable bonds is 3. The molecule has 0 aliphatic carbocycles. The first-order valence-corrected chi connectivity index (χ1v) is 7.24. The van der Waals surface area contributed by atoms with Gasteiger partial charge in [0.1, 0.15) is 0 Å². The molecule has 3 N–H and O–H groups in total. The number of nitrogens with two attached hydrogens (primary N) is 1. The van der Waals surface area contributed by atoms with Crippen LogP contribution in [0.2, 0.25) is 0 Å². The average Bonchev–Trinajstić information content (AvgIpc) is 2.42.